The maximum atomic E-state index is 12.5. The van der Waals surface area contributed by atoms with Crippen molar-refractivity contribution in [3.05, 3.63) is 35.4 Å². The Kier molecular flexibility index (Phi) is 5.37. The van der Waals surface area contributed by atoms with Gasteiger partial charge in [0, 0.05) is 25.6 Å². The number of aliphatic hydroxyl groups is 1. The molecule has 0 aromatic heterocycles. The van der Waals surface area contributed by atoms with E-state index in [1.807, 2.05) is 31.1 Å². The molecule has 1 fully saturated rings. The van der Waals surface area contributed by atoms with Crippen molar-refractivity contribution in [3.8, 4) is 0 Å². The van der Waals surface area contributed by atoms with Crippen LogP contribution in [0.5, 0.6) is 0 Å². The lowest BCUT2D eigenvalue weighted by Gasteiger charge is -2.27. The van der Waals surface area contributed by atoms with E-state index in [0.717, 1.165) is 13.0 Å². The number of rotatable bonds is 5. The normalized spacial score (nSPS) is 22.0. The molecule has 0 spiro atoms. The minimum absolute atomic E-state index is 0.138. The molecule has 1 aliphatic heterocycles. The Morgan fingerprint density at radius 2 is 2.10 bits per heavy atom. The molecule has 116 valence electrons. The molecule has 1 heterocycles. The van der Waals surface area contributed by atoms with Crippen LogP contribution in [0.15, 0.2) is 24.3 Å². The van der Waals surface area contributed by atoms with Crippen LogP contribution in [0.1, 0.15) is 24.0 Å². The van der Waals surface area contributed by atoms with Gasteiger partial charge in [-0.1, -0.05) is 24.3 Å². The molecule has 0 radical (unpaired) electrons. The Morgan fingerprint density at radius 3 is 2.76 bits per heavy atom. The SMILES string of the molecule is Cc1ccccc1CCC(=O)N1CC(O)CC1CN(C)C. The standard InChI is InChI=1S/C17H26N2O2/c1-13-6-4-5-7-14(13)8-9-17(21)19-12-16(20)10-15(19)11-18(2)3/h4-7,15-16,20H,8-12H2,1-3H3. The molecule has 1 N–H and O–H groups in total. The first-order chi connectivity index (χ1) is 9.97. The summed E-state index contributed by atoms with van der Waals surface area (Å²) in [4.78, 5) is 16.4. The summed E-state index contributed by atoms with van der Waals surface area (Å²) in [7, 11) is 4.00. The lowest BCUT2D eigenvalue weighted by atomic mass is 10.0. The van der Waals surface area contributed by atoms with Gasteiger partial charge in [-0.05, 0) is 45.0 Å². The maximum Gasteiger partial charge on any atom is 0.223 e. The number of aliphatic hydroxyl groups excluding tert-OH is 1. The summed E-state index contributed by atoms with van der Waals surface area (Å²) in [5.41, 5.74) is 2.46. The lowest BCUT2D eigenvalue weighted by Crippen LogP contribution is -2.41. The molecule has 2 rings (SSSR count). The van der Waals surface area contributed by atoms with E-state index >= 15 is 0 Å². The Labute approximate surface area is 127 Å². The summed E-state index contributed by atoms with van der Waals surface area (Å²) >= 11 is 0. The van der Waals surface area contributed by atoms with E-state index in [2.05, 4.69) is 24.0 Å². The molecule has 0 saturated carbocycles. The van der Waals surface area contributed by atoms with Crippen molar-refractivity contribution in [2.24, 2.45) is 0 Å². The molecule has 1 aliphatic rings. The van der Waals surface area contributed by atoms with Gasteiger partial charge in [0.2, 0.25) is 5.91 Å². The fourth-order valence-electron chi connectivity index (χ4n) is 3.07. The number of nitrogens with zero attached hydrogens (tertiary/aromatic N) is 2. The largest absolute Gasteiger partial charge is 0.391 e. The van der Waals surface area contributed by atoms with E-state index in [1.165, 1.54) is 11.1 Å². The average Bonchev–Trinajstić information content (AvgIpc) is 2.77. The van der Waals surface area contributed by atoms with Gasteiger partial charge in [0.25, 0.3) is 0 Å². The Morgan fingerprint density at radius 1 is 1.38 bits per heavy atom. The summed E-state index contributed by atoms with van der Waals surface area (Å²) in [6, 6.07) is 8.33. The third kappa shape index (κ3) is 4.29. The second-order valence-electron chi connectivity index (χ2n) is 6.28. The zero-order valence-electron chi connectivity index (χ0n) is 13.2. The van der Waals surface area contributed by atoms with Crippen LogP contribution in [0.2, 0.25) is 0 Å². The summed E-state index contributed by atoms with van der Waals surface area (Å²) in [6.07, 6.45) is 1.60. The second kappa shape index (κ2) is 7.05. The Balaban J connectivity index is 1.94. The van der Waals surface area contributed by atoms with Gasteiger partial charge in [0.15, 0.2) is 0 Å². The van der Waals surface area contributed by atoms with E-state index in [-0.39, 0.29) is 18.1 Å². The molecule has 1 saturated heterocycles. The first kappa shape index (κ1) is 16.0. The minimum Gasteiger partial charge on any atom is -0.391 e. The first-order valence-electron chi connectivity index (χ1n) is 7.64. The van der Waals surface area contributed by atoms with Crippen molar-refractivity contribution in [2.75, 3.05) is 27.2 Å². The van der Waals surface area contributed by atoms with Gasteiger partial charge >= 0.3 is 0 Å². The molecule has 2 atom stereocenters. The molecule has 21 heavy (non-hydrogen) atoms. The summed E-state index contributed by atoms with van der Waals surface area (Å²) in [5, 5.41) is 9.85. The van der Waals surface area contributed by atoms with E-state index in [9.17, 15) is 9.90 Å². The van der Waals surface area contributed by atoms with E-state index < -0.39 is 0 Å². The zero-order chi connectivity index (χ0) is 15.4. The number of likely N-dealkylation sites (tertiary alicyclic amines) is 1. The number of carbonyl (C=O) groups is 1. The molecule has 1 amide bonds. The van der Waals surface area contributed by atoms with Crippen LogP contribution in [0.25, 0.3) is 0 Å². The smallest absolute Gasteiger partial charge is 0.223 e. The minimum atomic E-state index is -0.377. The van der Waals surface area contributed by atoms with Crippen LogP contribution in [0.3, 0.4) is 0 Å². The molecule has 1 aromatic carbocycles. The summed E-state index contributed by atoms with van der Waals surface area (Å²) < 4.78 is 0. The fraction of sp³-hybridized carbons (Fsp3) is 0.588. The number of aryl methyl sites for hydroxylation is 2. The summed E-state index contributed by atoms with van der Waals surface area (Å²) in [5.74, 6) is 0.154. The number of β-amino-alcohol motifs (C(OH)–C–C–N with tert-alkyl or cyclic N) is 1. The number of benzene rings is 1. The van der Waals surface area contributed by atoms with Crippen molar-refractivity contribution < 1.29 is 9.90 Å². The van der Waals surface area contributed by atoms with Crippen molar-refractivity contribution in [1.29, 1.82) is 0 Å². The van der Waals surface area contributed by atoms with Crippen molar-refractivity contribution in [1.82, 2.24) is 9.80 Å². The van der Waals surface area contributed by atoms with Crippen LogP contribution in [0.4, 0.5) is 0 Å². The Hall–Kier alpha value is -1.39. The first-order valence-corrected chi connectivity index (χ1v) is 7.64. The number of hydrogen-bond acceptors (Lipinski definition) is 3. The van der Waals surface area contributed by atoms with Crippen molar-refractivity contribution >= 4 is 5.91 Å². The highest BCUT2D eigenvalue weighted by Gasteiger charge is 2.33. The molecular formula is C17H26N2O2. The number of amides is 1. The van der Waals surface area contributed by atoms with Gasteiger partial charge in [-0.3, -0.25) is 4.79 Å². The van der Waals surface area contributed by atoms with E-state index in [1.54, 1.807) is 0 Å². The number of likely N-dealkylation sites (N-methyl/N-ethyl adjacent to an activating group) is 1. The predicted octanol–water partition coefficient (Wildman–Crippen LogP) is 1.45. The van der Waals surface area contributed by atoms with Crippen LogP contribution in [-0.2, 0) is 11.2 Å². The van der Waals surface area contributed by atoms with Crippen molar-refractivity contribution in [2.45, 2.75) is 38.3 Å². The second-order valence-corrected chi connectivity index (χ2v) is 6.28. The van der Waals surface area contributed by atoms with Gasteiger partial charge in [-0.2, -0.15) is 0 Å². The monoisotopic (exact) mass is 290 g/mol. The predicted molar refractivity (Wildman–Crippen MR) is 84.2 cm³/mol. The highest BCUT2D eigenvalue weighted by Crippen LogP contribution is 2.20. The van der Waals surface area contributed by atoms with Crippen molar-refractivity contribution in [3.63, 3.8) is 0 Å². The van der Waals surface area contributed by atoms with E-state index in [0.29, 0.717) is 19.4 Å². The number of carbonyl (C=O) groups excluding carboxylic acids is 1. The highest BCUT2D eigenvalue weighted by atomic mass is 16.3. The fourth-order valence-corrected chi connectivity index (χ4v) is 3.07. The van der Waals surface area contributed by atoms with Crippen LogP contribution in [0, 0.1) is 6.92 Å². The third-order valence-corrected chi connectivity index (χ3v) is 4.16. The molecule has 4 nitrogen and oxygen atoms in total. The Bertz CT molecular complexity index is 487. The van der Waals surface area contributed by atoms with Crippen LogP contribution < -0.4 is 0 Å². The zero-order valence-corrected chi connectivity index (χ0v) is 13.2. The summed E-state index contributed by atoms with van der Waals surface area (Å²) in [6.45, 7) is 3.37. The molecule has 0 bridgehead atoms. The number of hydrogen-bond donors (Lipinski definition) is 1. The quantitative estimate of drug-likeness (QED) is 0.892. The van der Waals surface area contributed by atoms with Gasteiger partial charge in [0.1, 0.15) is 0 Å². The maximum absolute atomic E-state index is 12.5. The van der Waals surface area contributed by atoms with Gasteiger partial charge in [-0.15, -0.1) is 0 Å². The van der Waals surface area contributed by atoms with Crippen LogP contribution in [-0.4, -0.2) is 60.1 Å². The average molecular weight is 290 g/mol. The van der Waals surface area contributed by atoms with Gasteiger partial charge in [-0.25, -0.2) is 0 Å². The molecule has 2 unspecified atom stereocenters. The van der Waals surface area contributed by atoms with E-state index in [4.69, 9.17) is 0 Å². The lowest BCUT2D eigenvalue weighted by molar-refractivity contribution is -0.132. The molecule has 1 aromatic rings. The molecule has 4 heteroatoms. The molecule has 0 aliphatic carbocycles. The third-order valence-electron chi connectivity index (χ3n) is 4.16. The highest BCUT2D eigenvalue weighted by molar-refractivity contribution is 5.77. The topological polar surface area (TPSA) is 43.8 Å². The van der Waals surface area contributed by atoms with Crippen LogP contribution >= 0.6 is 0 Å². The van der Waals surface area contributed by atoms with Gasteiger partial charge < -0.3 is 14.9 Å². The van der Waals surface area contributed by atoms with Gasteiger partial charge in [0.05, 0.1) is 6.10 Å². The molecular weight excluding hydrogens is 264 g/mol.